The molecule has 0 bridgehead atoms. The summed E-state index contributed by atoms with van der Waals surface area (Å²) >= 11 is 7.32. The number of nitrogens with one attached hydrogen (secondary N) is 2. The van der Waals surface area contributed by atoms with Gasteiger partial charge in [-0.25, -0.2) is 12.8 Å². The van der Waals surface area contributed by atoms with Crippen molar-refractivity contribution in [3.05, 3.63) is 45.4 Å². The van der Waals surface area contributed by atoms with Gasteiger partial charge in [-0.3, -0.25) is 4.72 Å². The number of anilines is 2. The first kappa shape index (κ1) is 16.1. The van der Waals surface area contributed by atoms with Gasteiger partial charge in [-0.05, 0) is 42.1 Å². The fraction of sp³-hybridized carbons (Fsp3) is 0.231. The van der Waals surface area contributed by atoms with Gasteiger partial charge in [0.15, 0.2) is 0 Å². The van der Waals surface area contributed by atoms with E-state index in [4.69, 9.17) is 11.6 Å². The number of rotatable bonds is 5. The van der Waals surface area contributed by atoms with Gasteiger partial charge in [0.05, 0.1) is 16.3 Å². The van der Waals surface area contributed by atoms with Crippen LogP contribution < -0.4 is 10.0 Å². The van der Waals surface area contributed by atoms with Gasteiger partial charge in [-0.15, -0.1) is 11.3 Å². The second-order valence-corrected chi connectivity index (χ2v) is 7.91. The average Bonchev–Trinajstić information content (AvgIpc) is 2.78. The van der Waals surface area contributed by atoms with E-state index in [-0.39, 0.29) is 11.7 Å². The first-order chi connectivity index (χ1) is 9.74. The predicted octanol–water partition coefficient (Wildman–Crippen LogP) is 4.09. The smallest absolute Gasteiger partial charge is 0.229 e. The van der Waals surface area contributed by atoms with E-state index in [0.717, 1.165) is 11.8 Å². The third-order valence-corrected chi connectivity index (χ3v) is 4.43. The number of halogens is 2. The lowest BCUT2D eigenvalue weighted by Crippen LogP contribution is -2.12. The molecular formula is C13H14ClFN2O2S2. The van der Waals surface area contributed by atoms with E-state index in [2.05, 4.69) is 10.0 Å². The maximum atomic E-state index is 13.6. The highest BCUT2D eigenvalue weighted by Crippen LogP contribution is 2.28. The molecular weight excluding hydrogens is 335 g/mol. The van der Waals surface area contributed by atoms with Crippen LogP contribution in [0.2, 0.25) is 4.34 Å². The Morgan fingerprint density at radius 1 is 1.33 bits per heavy atom. The molecule has 21 heavy (non-hydrogen) atoms. The minimum absolute atomic E-state index is 0.0368. The van der Waals surface area contributed by atoms with Crippen LogP contribution >= 0.6 is 22.9 Å². The number of hydrogen-bond acceptors (Lipinski definition) is 4. The highest BCUT2D eigenvalue weighted by Gasteiger charge is 2.11. The van der Waals surface area contributed by atoms with Crippen molar-refractivity contribution in [3.63, 3.8) is 0 Å². The van der Waals surface area contributed by atoms with Crippen molar-refractivity contribution >= 4 is 44.3 Å². The van der Waals surface area contributed by atoms with Gasteiger partial charge in [0.2, 0.25) is 10.0 Å². The lowest BCUT2D eigenvalue weighted by Gasteiger charge is -2.15. The average molecular weight is 349 g/mol. The van der Waals surface area contributed by atoms with Gasteiger partial charge in [-0.2, -0.15) is 0 Å². The lowest BCUT2D eigenvalue weighted by atomic mass is 10.1. The van der Waals surface area contributed by atoms with E-state index in [9.17, 15) is 12.8 Å². The van der Waals surface area contributed by atoms with Gasteiger partial charge in [0.1, 0.15) is 5.82 Å². The monoisotopic (exact) mass is 348 g/mol. The maximum Gasteiger partial charge on any atom is 0.229 e. The van der Waals surface area contributed by atoms with Crippen LogP contribution in [0, 0.1) is 5.82 Å². The van der Waals surface area contributed by atoms with Crippen LogP contribution in [0.5, 0.6) is 0 Å². The third-order valence-electron chi connectivity index (χ3n) is 2.73. The highest BCUT2D eigenvalue weighted by molar-refractivity contribution is 7.92. The standard InChI is InChI=1S/C13H14ClFN2O2S2/c1-8(9-5-13(14)20-7-9)16-10-3-4-11(15)12(6-10)17-21(2,18)19/h3-8,16-17H,1-2H3. The minimum atomic E-state index is -3.53. The molecule has 0 aliphatic carbocycles. The van der Waals surface area contributed by atoms with Crippen LogP contribution in [0.3, 0.4) is 0 Å². The zero-order chi connectivity index (χ0) is 15.6. The molecule has 1 unspecified atom stereocenters. The summed E-state index contributed by atoms with van der Waals surface area (Å²) in [5, 5.41) is 5.10. The van der Waals surface area contributed by atoms with Gasteiger partial charge in [-0.1, -0.05) is 11.6 Å². The Bertz CT molecular complexity index is 746. The molecule has 1 aromatic heterocycles. The van der Waals surface area contributed by atoms with Crippen LogP contribution in [0.25, 0.3) is 0 Å². The predicted molar refractivity (Wildman–Crippen MR) is 86.2 cm³/mol. The van der Waals surface area contributed by atoms with Gasteiger partial charge >= 0.3 is 0 Å². The van der Waals surface area contributed by atoms with Crippen LogP contribution in [0.1, 0.15) is 18.5 Å². The molecule has 4 nitrogen and oxygen atoms in total. The SMILES string of the molecule is CC(Nc1ccc(F)c(NS(C)(=O)=O)c1)c1csc(Cl)c1. The molecule has 0 spiro atoms. The maximum absolute atomic E-state index is 13.6. The zero-order valence-electron chi connectivity index (χ0n) is 11.4. The number of hydrogen-bond donors (Lipinski definition) is 2. The molecule has 0 saturated heterocycles. The van der Waals surface area contributed by atoms with Crippen LogP contribution in [-0.4, -0.2) is 14.7 Å². The fourth-order valence-electron chi connectivity index (χ4n) is 1.78. The summed E-state index contributed by atoms with van der Waals surface area (Å²) in [7, 11) is -3.53. The third kappa shape index (κ3) is 4.59. The molecule has 2 N–H and O–H groups in total. The van der Waals surface area contributed by atoms with E-state index < -0.39 is 15.8 Å². The second kappa shape index (κ2) is 6.21. The first-order valence-corrected chi connectivity index (χ1v) is 9.17. The Kier molecular flexibility index (Phi) is 4.75. The number of benzene rings is 1. The normalized spacial score (nSPS) is 13.0. The number of sulfonamides is 1. The van der Waals surface area contributed by atoms with Crippen LogP contribution in [0.4, 0.5) is 15.8 Å². The molecule has 2 aromatic rings. The molecule has 114 valence electrons. The van der Waals surface area contributed by atoms with Gasteiger partial charge in [0, 0.05) is 11.7 Å². The van der Waals surface area contributed by atoms with Crippen molar-refractivity contribution in [2.24, 2.45) is 0 Å². The van der Waals surface area contributed by atoms with Gasteiger partial charge < -0.3 is 5.32 Å². The fourth-order valence-corrected chi connectivity index (χ4v) is 3.32. The van der Waals surface area contributed by atoms with Crippen LogP contribution in [0.15, 0.2) is 29.6 Å². The summed E-state index contributed by atoms with van der Waals surface area (Å²) in [6.07, 6.45) is 0.975. The van der Waals surface area contributed by atoms with Crippen molar-refractivity contribution in [3.8, 4) is 0 Å². The Morgan fingerprint density at radius 2 is 2.05 bits per heavy atom. The molecule has 1 atom stereocenters. The Labute approximate surface area is 132 Å². The van der Waals surface area contributed by atoms with Crippen molar-refractivity contribution in [1.82, 2.24) is 0 Å². The molecule has 0 aliphatic heterocycles. The first-order valence-electron chi connectivity index (χ1n) is 6.02. The second-order valence-electron chi connectivity index (χ2n) is 4.62. The largest absolute Gasteiger partial charge is 0.378 e. The molecule has 0 radical (unpaired) electrons. The van der Waals surface area contributed by atoms with E-state index in [1.807, 2.05) is 18.4 Å². The molecule has 0 amide bonds. The lowest BCUT2D eigenvalue weighted by molar-refractivity contribution is 0.604. The molecule has 2 rings (SSSR count). The Balaban J connectivity index is 2.19. The molecule has 0 aliphatic rings. The molecule has 8 heteroatoms. The minimum Gasteiger partial charge on any atom is -0.378 e. The summed E-state index contributed by atoms with van der Waals surface area (Å²) < 4.78 is 38.8. The van der Waals surface area contributed by atoms with Crippen molar-refractivity contribution in [2.75, 3.05) is 16.3 Å². The topological polar surface area (TPSA) is 58.2 Å². The van der Waals surface area contributed by atoms with E-state index in [0.29, 0.717) is 10.0 Å². The molecule has 0 fully saturated rings. The summed E-state index contributed by atoms with van der Waals surface area (Å²) in [5.74, 6) is -0.628. The van der Waals surface area contributed by atoms with Crippen molar-refractivity contribution < 1.29 is 12.8 Å². The van der Waals surface area contributed by atoms with E-state index >= 15 is 0 Å². The summed E-state index contributed by atoms with van der Waals surface area (Å²) in [5.41, 5.74) is 1.53. The van der Waals surface area contributed by atoms with Crippen molar-refractivity contribution in [1.29, 1.82) is 0 Å². The zero-order valence-corrected chi connectivity index (χ0v) is 13.7. The molecule has 0 saturated carbocycles. The highest BCUT2D eigenvalue weighted by atomic mass is 35.5. The quantitative estimate of drug-likeness (QED) is 0.855. The number of thiophene rings is 1. The van der Waals surface area contributed by atoms with E-state index in [1.165, 1.54) is 23.5 Å². The summed E-state index contributed by atoms with van der Waals surface area (Å²) in [6, 6.07) is 5.99. The Hall–Kier alpha value is -1.31. The van der Waals surface area contributed by atoms with Crippen molar-refractivity contribution in [2.45, 2.75) is 13.0 Å². The summed E-state index contributed by atoms with van der Waals surface area (Å²) in [6.45, 7) is 1.94. The van der Waals surface area contributed by atoms with E-state index in [1.54, 1.807) is 6.07 Å². The van der Waals surface area contributed by atoms with Gasteiger partial charge in [0.25, 0.3) is 0 Å². The summed E-state index contributed by atoms with van der Waals surface area (Å²) in [4.78, 5) is 0. The molecule has 1 aromatic carbocycles. The molecule has 1 heterocycles. The Morgan fingerprint density at radius 3 is 2.62 bits per heavy atom. The van der Waals surface area contributed by atoms with Crippen LogP contribution in [-0.2, 0) is 10.0 Å².